The maximum atomic E-state index is 11.2. The SMILES string of the molecule is COCCn1ncc(Cl)c1C1(O)CCCC(C(C)C)CC1. The second kappa shape index (κ2) is 7.12. The topological polar surface area (TPSA) is 47.3 Å². The van der Waals surface area contributed by atoms with E-state index in [1.165, 1.54) is 6.42 Å². The Kier molecular flexibility index (Phi) is 5.69. The van der Waals surface area contributed by atoms with Crippen LogP contribution in [0, 0.1) is 11.8 Å². The van der Waals surface area contributed by atoms with Crippen LogP contribution in [0.15, 0.2) is 6.20 Å². The van der Waals surface area contributed by atoms with Gasteiger partial charge in [-0.25, -0.2) is 0 Å². The molecule has 1 N–H and O–H groups in total. The fraction of sp³-hybridized carbons (Fsp3) is 0.812. The molecule has 2 atom stereocenters. The predicted octanol–water partition coefficient (Wildman–Crippen LogP) is 3.61. The Morgan fingerprint density at radius 2 is 2.24 bits per heavy atom. The highest BCUT2D eigenvalue weighted by Crippen LogP contribution is 2.42. The number of aliphatic hydroxyl groups is 1. The average Bonchev–Trinajstić information content (AvgIpc) is 2.69. The molecule has 0 bridgehead atoms. The van der Waals surface area contributed by atoms with Crippen LogP contribution in [0.25, 0.3) is 0 Å². The fourth-order valence-corrected chi connectivity index (χ4v) is 3.74. The van der Waals surface area contributed by atoms with Gasteiger partial charge in [0.05, 0.1) is 30.1 Å². The van der Waals surface area contributed by atoms with Gasteiger partial charge < -0.3 is 9.84 Å². The largest absolute Gasteiger partial charge is 0.384 e. The zero-order chi connectivity index (χ0) is 15.5. The summed E-state index contributed by atoms with van der Waals surface area (Å²) in [5.74, 6) is 1.36. The maximum absolute atomic E-state index is 11.2. The molecule has 0 aliphatic heterocycles. The third kappa shape index (κ3) is 3.79. The van der Waals surface area contributed by atoms with E-state index < -0.39 is 5.60 Å². The van der Waals surface area contributed by atoms with E-state index in [2.05, 4.69) is 18.9 Å². The number of nitrogens with zero attached hydrogens (tertiary/aromatic N) is 2. The summed E-state index contributed by atoms with van der Waals surface area (Å²) in [6, 6.07) is 0. The van der Waals surface area contributed by atoms with E-state index in [1.807, 2.05) is 4.68 Å². The minimum absolute atomic E-state index is 0.565. The lowest BCUT2D eigenvalue weighted by molar-refractivity contribution is 0.00930. The van der Waals surface area contributed by atoms with Gasteiger partial charge in [-0.15, -0.1) is 0 Å². The van der Waals surface area contributed by atoms with Crippen molar-refractivity contribution in [3.8, 4) is 0 Å². The Balaban J connectivity index is 2.21. The lowest BCUT2D eigenvalue weighted by atomic mass is 9.87. The Hall–Kier alpha value is -0.580. The minimum Gasteiger partial charge on any atom is -0.384 e. The molecule has 0 saturated heterocycles. The first-order chi connectivity index (χ1) is 9.98. The minimum atomic E-state index is -0.856. The van der Waals surface area contributed by atoms with Gasteiger partial charge in [-0.3, -0.25) is 4.68 Å². The summed E-state index contributed by atoms with van der Waals surface area (Å²) in [6.07, 6.45) is 6.41. The van der Waals surface area contributed by atoms with Crippen molar-refractivity contribution >= 4 is 11.6 Å². The Labute approximate surface area is 132 Å². The maximum Gasteiger partial charge on any atom is 0.108 e. The van der Waals surface area contributed by atoms with Gasteiger partial charge in [0.1, 0.15) is 5.60 Å². The molecule has 1 aliphatic carbocycles. The average molecular weight is 315 g/mol. The quantitative estimate of drug-likeness (QED) is 0.845. The van der Waals surface area contributed by atoms with E-state index in [9.17, 15) is 5.11 Å². The number of rotatable bonds is 5. The van der Waals surface area contributed by atoms with Crippen LogP contribution in [0.5, 0.6) is 0 Å². The Morgan fingerprint density at radius 3 is 2.90 bits per heavy atom. The summed E-state index contributed by atoms with van der Waals surface area (Å²) in [5.41, 5.74) is -0.0871. The van der Waals surface area contributed by atoms with Crippen molar-refractivity contribution < 1.29 is 9.84 Å². The van der Waals surface area contributed by atoms with E-state index in [0.717, 1.165) is 31.4 Å². The van der Waals surface area contributed by atoms with E-state index in [4.69, 9.17) is 16.3 Å². The molecule has 0 amide bonds. The monoisotopic (exact) mass is 314 g/mol. The molecule has 4 nitrogen and oxygen atoms in total. The predicted molar refractivity (Wildman–Crippen MR) is 84.4 cm³/mol. The van der Waals surface area contributed by atoms with Crippen molar-refractivity contribution in [2.75, 3.05) is 13.7 Å². The van der Waals surface area contributed by atoms with Gasteiger partial charge in [0, 0.05) is 7.11 Å². The first-order valence-corrected chi connectivity index (χ1v) is 8.29. The van der Waals surface area contributed by atoms with Crippen LogP contribution in [0.4, 0.5) is 0 Å². The number of halogens is 1. The summed E-state index contributed by atoms with van der Waals surface area (Å²) in [5, 5.41) is 16.1. The van der Waals surface area contributed by atoms with Crippen molar-refractivity contribution in [2.45, 2.75) is 58.1 Å². The first kappa shape index (κ1) is 16.8. The van der Waals surface area contributed by atoms with Crippen molar-refractivity contribution in [3.63, 3.8) is 0 Å². The lowest BCUT2D eigenvalue weighted by Gasteiger charge is -2.28. The fourth-order valence-electron chi connectivity index (χ4n) is 3.43. The van der Waals surface area contributed by atoms with Gasteiger partial charge in [-0.2, -0.15) is 5.10 Å². The second-order valence-electron chi connectivity index (χ2n) is 6.52. The Bertz CT molecular complexity index is 461. The van der Waals surface area contributed by atoms with Crippen molar-refractivity contribution in [2.24, 2.45) is 11.8 Å². The van der Waals surface area contributed by atoms with Gasteiger partial charge in [0.25, 0.3) is 0 Å². The standard InChI is InChI=1S/C16H27ClN2O2/c1-12(2)13-5-4-7-16(20,8-6-13)15-14(17)11-18-19(15)9-10-21-3/h11-13,20H,4-10H2,1-3H3. The van der Waals surface area contributed by atoms with Crippen LogP contribution in [0.1, 0.15) is 51.6 Å². The molecule has 1 saturated carbocycles. The van der Waals surface area contributed by atoms with E-state index in [-0.39, 0.29) is 0 Å². The molecule has 1 fully saturated rings. The van der Waals surface area contributed by atoms with Crippen LogP contribution in [-0.2, 0) is 16.9 Å². The summed E-state index contributed by atoms with van der Waals surface area (Å²) in [4.78, 5) is 0. The number of aromatic nitrogens is 2. The van der Waals surface area contributed by atoms with E-state index >= 15 is 0 Å². The van der Waals surface area contributed by atoms with Crippen molar-refractivity contribution in [1.82, 2.24) is 9.78 Å². The highest BCUT2D eigenvalue weighted by atomic mass is 35.5. The van der Waals surface area contributed by atoms with Crippen molar-refractivity contribution in [1.29, 1.82) is 0 Å². The van der Waals surface area contributed by atoms with Gasteiger partial charge in [0.2, 0.25) is 0 Å². The van der Waals surface area contributed by atoms with E-state index in [0.29, 0.717) is 30.0 Å². The zero-order valence-electron chi connectivity index (χ0n) is 13.3. The molecule has 0 spiro atoms. The third-order valence-corrected chi connectivity index (χ3v) is 5.06. The van der Waals surface area contributed by atoms with Gasteiger partial charge in [-0.1, -0.05) is 31.9 Å². The molecule has 2 rings (SSSR count). The molecule has 21 heavy (non-hydrogen) atoms. The number of methoxy groups -OCH3 is 1. The van der Waals surface area contributed by atoms with Crippen molar-refractivity contribution in [3.05, 3.63) is 16.9 Å². The Morgan fingerprint density at radius 1 is 1.48 bits per heavy atom. The van der Waals surface area contributed by atoms with Crippen LogP contribution in [0.3, 0.4) is 0 Å². The molecule has 1 aromatic rings. The highest BCUT2D eigenvalue weighted by molar-refractivity contribution is 6.31. The molecule has 0 aromatic carbocycles. The molecular formula is C16H27ClN2O2. The summed E-state index contributed by atoms with van der Waals surface area (Å²) >= 11 is 6.31. The summed E-state index contributed by atoms with van der Waals surface area (Å²) < 4.78 is 6.93. The van der Waals surface area contributed by atoms with Gasteiger partial charge >= 0.3 is 0 Å². The molecule has 120 valence electrons. The second-order valence-corrected chi connectivity index (χ2v) is 6.93. The van der Waals surface area contributed by atoms with E-state index in [1.54, 1.807) is 13.3 Å². The lowest BCUT2D eigenvalue weighted by Crippen LogP contribution is -2.30. The number of ether oxygens (including phenoxy) is 1. The smallest absolute Gasteiger partial charge is 0.108 e. The van der Waals surface area contributed by atoms with Crippen LogP contribution >= 0.6 is 11.6 Å². The molecular weight excluding hydrogens is 288 g/mol. The molecule has 0 radical (unpaired) electrons. The van der Waals surface area contributed by atoms with Crippen LogP contribution < -0.4 is 0 Å². The number of hydrogen-bond acceptors (Lipinski definition) is 3. The third-order valence-electron chi connectivity index (χ3n) is 4.78. The first-order valence-electron chi connectivity index (χ1n) is 7.91. The van der Waals surface area contributed by atoms with Gasteiger partial charge in [0.15, 0.2) is 0 Å². The molecule has 2 unspecified atom stereocenters. The summed E-state index contributed by atoms with van der Waals surface area (Å²) in [7, 11) is 1.67. The van der Waals surface area contributed by atoms with Crippen LogP contribution in [-0.4, -0.2) is 28.6 Å². The summed E-state index contributed by atoms with van der Waals surface area (Å²) in [6.45, 7) is 5.72. The highest BCUT2D eigenvalue weighted by Gasteiger charge is 2.37. The van der Waals surface area contributed by atoms with Crippen LogP contribution in [0.2, 0.25) is 5.02 Å². The zero-order valence-corrected chi connectivity index (χ0v) is 14.1. The molecule has 5 heteroatoms. The molecule has 1 heterocycles. The molecule has 1 aliphatic rings. The normalized spacial score (nSPS) is 27.0. The molecule has 1 aromatic heterocycles. The number of hydrogen-bond donors (Lipinski definition) is 1. The van der Waals surface area contributed by atoms with Gasteiger partial charge in [-0.05, 0) is 37.5 Å².